The van der Waals surface area contributed by atoms with Crippen molar-refractivity contribution in [3.63, 3.8) is 0 Å². The van der Waals surface area contributed by atoms with Crippen LogP contribution >= 0.6 is 0 Å². The van der Waals surface area contributed by atoms with Gasteiger partial charge in [0.05, 0.1) is 12.6 Å². The van der Waals surface area contributed by atoms with E-state index >= 15 is 0 Å². The highest BCUT2D eigenvalue weighted by atomic mass is 32.2. The van der Waals surface area contributed by atoms with Crippen LogP contribution in [0.1, 0.15) is 13.8 Å². The maximum atomic E-state index is 11.8. The van der Waals surface area contributed by atoms with Gasteiger partial charge >= 0.3 is 16.3 Å². The first-order valence-electron chi connectivity index (χ1n) is 5.18. The summed E-state index contributed by atoms with van der Waals surface area (Å²) >= 11 is 0. The number of likely N-dealkylation sites (N-methyl/N-ethyl adjacent to an activating group) is 1. The van der Waals surface area contributed by atoms with Gasteiger partial charge in [-0.25, -0.2) is 9.52 Å². The second kappa shape index (κ2) is 5.46. The Bertz CT molecular complexity index is 339. The molecule has 0 spiro atoms. The van der Waals surface area contributed by atoms with Crippen LogP contribution in [-0.2, 0) is 14.9 Å². The van der Waals surface area contributed by atoms with Crippen LogP contribution < -0.4 is 10.0 Å². The number of hydrogen-bond acceptors (Lipinski definition) is 5. The molecular weight excluding hydrogens is 234 g/mol. The molecule has 1 saturated heterocycles. The van der Waals surface area contributed by atoms with Crippen LogP contribution in [0.2, 0.25) is 0 Å². The predicted octanol–water partition coefficient (Wildman–Crippen LogP) is -0.729. The van der Waals surface area contributed by atoms with Gasteiger partial charge in [0.1, 0.15) is 0 Å². The minimum absolute atomic E-state index is 0.0862. The van der Waals surface area contributed by atoms with Crippen LogP contribution in [0.4, 0.5) is 4.79 Å². The monoisotopic (exact) mass is 251 g/mol. The van der Waals surface area contributed by atoms with E-state index in [2.05, 4.69) is 10.1 Å². The highest BCUT2D eigenvalue weighted by molar-refractivity contribution is 7.87. The van der Waals surface area contributed by atoms with Crippen molar-refractivity contribution >= 4 is 16.3 Å². The van der Waals surface area contributed by atoms with Gasteiger partial charge in [-0.3, -0.25) is 0 Å². The Morgan fingerprint density at radius 1 is 1.50 bits per heavy atom. The summed E-state index contributed by atoms with van der Waals surface area (Å²) in [5, 5.41) is 2.98. The number of nitrogens with zero attached hydrogens (tertiary/aromatic N) is 1. The van der Waals surface area contributed by atoms with Gasteiger partial charge in [0.2, 0.25) is 0 Å². The zero-order valence-corrected chi connectivity index (χ0v) is 10.2. The van der Waals surface area contributed by atoms with E-state index in [1.807, 2.05) is 4.72 Å². The lowest BCUT2D eigenvalue weighted by Gasteiger charge is -2.36. The van der Waals surface area contributed by atoms with Crippen molar-refractivity contribution in [2.24, 2.45) is 0 Å². The minimum atomic E-state index is -3.79. The Kier molecular flexibility index (Phi) is 4.51. The summed E-state index contributed by atoms with van der Waals surface area (Å²) in [5.74, 6) is 0. The number of hydrogen-bond donors (Lipinski definition) is 2. The highest BCUT2D eigenvalue weighted by Crippen LogP contribution is 2.09. The Morgan fingerprint density at radius 3 is 2.50 bits per heavy atom. The molecule has 0 aliphatic carbocycles. The van der Waals surface area contributed by atoms with Gasteiger partial charge in [0.15, 0.2) is 0 Å². The predicted molar refractivity (Wildman–Crippen MR) is 58.1 cm³/mol. The Labute approximate surface area is 95.3 Å². The summed E-state index contributed by atoms with van der Waals surface area (Å²) in [6.45, 7) is 5.01. The van der Waals surface area contributed by atoms with E-state index in [-0.39, 0.29) is 12.6 Å². The van der Waals surface area contributed by atoms with Crippen molar-refractivity contribution in [1.82, 2.24) is 14.3 Å². The summed E-state index contributed by atoms with van der Waals surface area (Å²) in [6.07, 6.45) is -0.937. The van der Waals surface area contributed by atoms with Crippen molar-refractivity contribution in [3.05, 3.63) is 0 Å². The fourth-order valence-corrected chi connectivity index (χ4v) is 2.69. The molecule has 0 atom stereocenters. The maximum Gasteiger partial charge on any atom is 0.421 e. The third-order valence-corrected chi connectivity index (χ3v) is 3.87. The van der Waals surface area contributed by atoms with E-state index in [9.17, 15) is 13.2 Å². The molecule has 0 bridgehead atoms. The molecule has 0 aromatic heterocycles. The fraction of sp³-hybridized carbons (Fsp3) is 0.875. The topological polar surface area (TPSA) is 87.7 Å². The zero-order chi connectivity index (χ0) is 12.2. The second-order valence-electron chi connectivity index (χ2n) is 3.34. The van der Waals surface area contributed by atoms with Crippen LogP contribution in [0.5, 0.6) is 0 Å². The number of carbonyl (C=O) groups excluding carboxylic acids is 1. The zero-order valence-electron chi connectivity index (χ0n) is 9.39. The molecule has 1 aliphatic heterocycles. The van der Waals surface area contributed by atoms with Gasteiger partial charge in [-0.2, -0.15) is 12.7 Å². The minimum Gasteiger partial charge on any atom is -0.449 e. The maximum absolute atomic E-state index is 11.8. The molecule has 16 heavy (non-hydrogen) atoms. The van der Waals surface area contributed by atoms with Crippen LogP contribution in [0.25, 0.3) is 0 Å². The average Bonchev–Trinajstić information content (AvgIpc) is 2.09. The van der Waals surface area contributed by atoms with Gasteiger partial charge in [0, 0.05) is 19.6 Å². The molecule has 94 valence electrons. The normalized spacial score (nSPS) is 16.9. The summed E-state index contributed by atoms with van der Waals surface area (Å²) in [5.41, 5.74) is 0. The number of amides is 1. The molecule has 0 aromatic rings. The first-order valence-corrected chi connectivity index (χ1v) is 6.62. The van der Waals surface area contributed by atoms with E-state index in [0.717, 1.165) is 0 Å². The van der Waals surface area contributed by atoms with Gasteiger partial charge in [-0.1, -0.05) is 6.92 Å². The fourth-order valence-electron chi connectivity index (χ4n) is 1.43. The molecule has 1 heterocycles. The van der Waals surface area contributed by atoms with Crippen molar-refractivity contribution in [3.8, 4) is 0 Å². The number of carbonyl (C=O) groups is 1. The summed E-state index contributed by atoms with van der Waals surface area (Å²) in [6, 6.07) is -0.0862. The summed E-state index contributed by atoms with van der Waals surface area (Å²) < 4.78 is 31.2. The lowest BCUT2D eigenvalue weighted by atomic mass is 10.2. The van der Waals surface area contributed by atoms with Crippen molar-refractivity contribution < 1.29 is 17.9 Å². The molecule has 1 rings (SSSR count). The van der Waals surface area contributed by atoms with Gasteiger partial charge in [0.25, 0.3) is 0 Å². The standard InChI is InChI=1S/C8H17N3O4S/c1-3-11(7-5-9-6-7)16(13,14)10-8(12)15-4-2/h7,9H,3-6H2,1-2H3,(H,10,12). The molecule has 0 radical (unpaired) electrons. The molecule has 0 unspecified atom stereocenters. The summed E-state index contributed by atoms with van der Waals surface area (Å²) in [4.78, 5) is 11.1. The molecule has 1 amide bonds. The molecule has 2 N–H and O–H groups in total. The summed E-state index contributed by atoms with van der Waals surface area (Å²) in [7, 11) is -3.79. The average molecular weight is 251 g/mol. The first-order chi connectivity index (χ1) is 7.51. The van der Waals surface area contributed by atoms with Gasteiger partial charge in [-0.15, -0.1) is 0 Å². The third kappa shape index (κ3) is 3.06. The quantitative estimate of drug-likeness (QED) is 0.672. The Hall–Kier alpha value is -0.860. The van der Waals surface area contributed by atoms with E-state index in [4.69, 9.17) is 0 Å². The van der Waals surface area contributed by atoms with Crippen LogP contribution in [-0.4, -0.2) is 51.1 Å². The van der Waals surface area contributed by atoms with Crippen molar-refractivity contribution in [2.45, 2.75) is 19.9 Å². The molecule has 1 fully saturated rings. The SMILES string of the molecule is CCOC(=O)NS(=O)(=O)N(CC)C1CNC1. The lowest BCUT2D eigenvalue weighted by Crippen LogP contribution is -2.61. The van der Waals surface area contributed by atoms with E-state index in [1.54, 1.807) is 13.8 Å². The van der Waals surface area contributed by atoms with Crippen LogP contribution in [0.15, 0.2) is 0 Å². The second-order valence-corrected chi connectivity index (χ2v) is 4.97. The van der Waals surface area contributed by atoms with E-state index < -0.39 is 16.3 Å². The van der Waals surface area contributed by atoms with E-state index in [1.165, 1.54) is 4.31 Å². The number of rotatable bonds is 5. The number of nitrogens with one attached hydrogen (secondary N) is 2. The van der Waals surface area contributed by atoms with E-state index in [0.29, 0.717) is 19.6 Å². The van der Waals surface area contributed by atoms with Crippen molar-refractivity contribution in [2.75, 3.05) is 26.2 Å². The Morgan fingerprint density at radius 2 is 2.12 bits per heavy atom. The molecule has 7 nitrogen and oxygen atoms in total. The largest absolute Gasteiger partial charge is 0.449 e. The first kappa shape index (κ1) is 13.2. The molecule has 0 saturated carbocycles. The lowest BCUT2D eigenvalue weighted by molar-refractivity contribution is 0.157. The molecule has 0 aromatic carbocycles. The molecular formula is C8H17N3O4S. The Balaban J connectivity index is 2.63. The van der Waals surface area contributed by atoms with Crippen LogP contribution in [0.3, 0.4) is 0 Å². The molecule has 1 aliphatic rings. The molecule has 8 heteroatoms. The van der Waals surface area contributed by atoms with Crippen LogP contribution in [0, 0.1) is 0 Å². The van der Waals surface area contributed by atoms with Gasteiger partial charge in [-0.05, 0) is 6.92 Å². The third-order valence-electron chi connectivity index (χ3n) is 2.28. The smallest absolute Gasteiger partial charge is 0.421 e. The highest BCUT2D eigenvalue weighted by Gasteiger charge is 2.33. The number of ether oxygens (including phenoxy) is 1. The van der Waals surface area contributed by atoms with Crippen molar-refractivity contribution in [1.29, 1.82) is 0 Å². The van der Waals surface area contributed by atoms with Gasteiger partial charge < -0.3 is 10.1 Å².